The monoisotopic (exact) mass is 233 g/mol. The highest BCUT2D eigenvalue weighted by molar-refractivity contribution is 5.72. The number of aliphatic hydroxyl groups is 1. The van der Waals surface area contributed by atoms with Crippen molar-refractivity contribution in [3.05, 3.63) is 24.0 Å². The van der Waals surface area contributed by atoms with Crippen LogP contribution in [0.1, 0.15) is 19.5 Å². The van der Waals surface area contributed by atoms with E-state index in [4.69, 9.17) is 5.11 Å². The lowest BCUT2D eigenvalue weighted by Gasteiger charge is -2.24. The molecule has 0 aliphatic carbocycles. The maximum Gasteiger partial charge on any atom is 0.419 e. The fourth-order valence-corrected chi connectivity index (χ4v) is 1.04. The van der Waals surface area contributed by atoms with Crippen LogP contribution >= 0.6 is 0 Å². The lowest BCUT2D eigenvalue weighted by atomic mass is 10.1. The van der Waals surface area contributed by atoms with Crippen LogP contribution < -0.4 is 0 Å². The van der Waals surface area contributed by atoms with E-state index in [0.717, 1.165) is 18.4 Å². The van der Waals surface area contributed by atoms with Crippen molar-refractivity contribution in [2.45, 2.75) is 32.5 Å². The van der Waals surface area contributed by atoms with Gasteiger partial charge in [-0.15, -0.1) is 0 Å². The first-order valence-electron chi connectivity index (χ1n) is 4.67. The first kappa shape index (κ1) is 12.6. The molecule has 0 atom stereocenters. The molecule has 1 rings (SSSR count). The third kappa shape index (κ3) is 2.57. The van der Waals surface area contributed by atoms with E-state index in [1.165, 1.54) is 18.3 Å². The molecule has 1 aromatic heterocycles. The van der Waals surface area contributed by atoms with E-state index < -0.39 is 18.1 Å². The van der Waals surface area contributed by atoms with Gasteiger partial charge in [0.05, 0.1) is 12.3 Å². The second-order valence-corrected chi connectivity index (χ2v) is 3.80. The second kappa shape index (κ2) is 4.61. The molecular formula is C10H13F2NO3. The molecule has 0 fully saturated rings. The van der Waals surface area contributed by atoms with Crippen LogP contribution in [-0.2, 0) is 11.3 Å². The number of ether oxygens (including phenoxy) is 1. The Morgan fingerprint density at radius 2 is 2.25 bits per heavy atom. The Kier molecular flexibility index (Phi) is 3.64. The minimum Gasteiger partial charge on any atom is -0.437 e. The van der Waals surface area contributed by atoms with Crippen LogP contribution in [0.25, 0.3) is 0 Å². The van der Waals surface area contributed by atoms with Gasteiger partial charge in [0.1, 0.15) is 0 Å². The predicted octanol–water partition coefficient (Wildman–Crippen LogP) is 2.01. The Morgan fingerprint density at radius 3 is 2.75 bits per heavy atom. The van der Waals surface area contributed by atoms with Gasteiger partial charge in [0, 0.05) is 6.20 Å². The Morgan fingerprint density at radius 1 is 1.62 bits per heavy atom. The summed E-state index contributed by atoms with van der Waals surface area (Å²) in [6.07, 6.45) is -2.36. The standard InChI is InChI=1S/C10H13F2NO3/c1-10(2,8(11)12)16-9(15)13-5-3-4-7(13)6-14/h3-5,8,14H,6H2,1-2H3. The molecule has 4 nitrogen and oxygen atoms in total. The van der Waals surface area contributed by atoms with E-state index in [9.17, 15) is 13.6 Å². The van der Waals surface area contributed by atoms with Gasteiger partial charge in [-0.3, -0.25) is 4.57 Å². The van der Waals surface area contributed by atoms with Gasteiger partial charge in [-0.1, -0.05) is 0 Å². The molecule has 0 amide bonds. The van der Waals surface area contributed by atoms with Crippen LogP contribution in [0.5, 0.6) is 0 Å². The van der Waals surface area contributed by atoms with Crippen LogP contribution in [-0.4, -0.2) is 27.8 Å². The summed E-state index contributed by atoms with van der Waals surface area (Å²) in [5.41, 5.74) is -1.57. The number of hydrogen-bond acceptors (Lipinski definition) is 3. The third-order valence-electron chi connectivity index (χ3n) is 2.07. The topological polar surface area (TPSA) is 51.5 Å². The zero-order chi connectivity index (χ0) is 12.3. The van der Waals surface area contributed by atoms with Crippen molar-refractivity contribution in [1.29, 1.82) is 0 Å². The number of aromatic nitrogens is 1. The molecule has 1 heterocycles. The van der Waals surface area contributed by atoms with Gasteiger partial charge < -0.3 is 9.84 Å². The maximum absolute atomic E-state index is 12.5. The number of hydrogen-bond donors (Lipinski definition) is 1. The Labute approximate surface area is 91.4 Å². The molecule has 6 heteroatoms. The highest BCUT2D eigenvalue weighted by Crippen LogP contribution is 2.20. The highest BCUT2D eigenvalue weighted by Gasteiger charge is 2.34. The number of alkyl halides is 2. The molecule has 0 aliphatic rings. The predicted molar refractivity (Wildman–Crippen MR) is 52.3 cm³/mol. The molecule has 0 spiro atoms. The summed E-state index contributed by atoms with van der Waals surface area (Å²) < 4.78 is 30.6. The maximum atomic E-state index is 12.5. The number of carbonyl (C=O) groups excluding carboxylic acids is 1. The van der Waals surface area contributed by atoms with Crippen molar-refractivity contribution in [2.24, 2.45) is 0 Å². The molecule has 0 aliphatic heterocycles. The van der Waals surface area contributed by atoms with Crippen LogP contribution in [0.2, 0.25) is 0 Å². The number of nitrogens with zero attached hydrogens (tertiary/aromatic N) is 1. The van der Waals surface area contributed by atoms with Gasteiger partial charge in [0.2, 0.25) is 0 Å². The molecule has 0 unspecified atom stereocenters. The molecule has 0 saturated carbocycles. The van der Waals surface area contributed by atoms with Gasteiger partial charge in [-0.2, -0.15) is 0 Å². The first-order valence-corrected chi connectivity index (χ1v) is 4.67. The van der Waals surface area contributed by atoms with Gasteiger partial charge in [0.15, 0.2) is 5.60 Å². The third-order valence-corrected chi connectivity index (χ3v) is 2.07. The van der Waals surface area contributed by atoms with Crippen molar-refractivity contribution in [3.8, 4) is 0 Å². The fraction of sp³-hybridized carbons (Fsp3) is 0.500. The summed E-state index contributed by atoms with van der Waals surface area (Å²) in [6, 6.07) is 3.01. The molecule has 1 N–H and O–H groups in total. The van der Waals surface area contributed by atoms with Crippen molar-refractivity contribution in [1.82, 2.24) is 4.57 Å². The van der Waals surface area contributed by atoms with Gasteiger partial charge >= 0.3 is 6.09 Å². The molecule has 0 bridgehead atoms. The molecule has 16 heavy (non-hydrogen) atoms. The molecule has 0 radical (unpaired) electrons. The summed E-state index contributed by atoms with van der Waals surface area (Å²) in [5.74, 6) is 0. The smallest absolute Gasteiger partial charge is 0.419 e. The number of halogens is 2. The average molecular weight is 233 g/mol. The largest absolute Gasteiger partial charge is 0.437 e. The van der Waals surface area contributed by atoms with Crippen molar-refractivity contribution in [2.75, 3.05) is 0 Å². The average Bonchev–Trinajstić information content (AvgIpc) is 2.64. The van der Waals surface area contributed by atoms with Crippen LogP contribution in [0.4, 0.5) is 13.6 Å². The molecule has 1 aromatic rings. The fourth-order valence-electron chi connectivity index (χ4n) is 1.04. The van der Waals surface area contributed by atoms with E-state index in [-0.39, 0.29) is 12.3 Å². The second-order valence-electron chi connectivity index (χ2n) is 3.80. The summed E-state index contributed by atoms with van der Waals surface area (Å²) in [7, 11) is 0. The van der Waals surface area contributed by atoms with Crippen molar-refractivity contribution in [3.63, 3.8) is 0 Å². The lowest BCUT2D eigenvalue weighted by Crippen LogP contribution is -2.37. The van der Waals surface area contributed by atoms with Crippen LogP contribution in [0, 0.1) is 0 Å². The summed E-state index contributed by atoms with van der Waals surface area (Å²) in [4.78, 5) is 11.5. The minimum absolute atomic E-state index is 0.287. The van der Waals surface area contributed by atoms with E-state index in [2.05, 4.69) is 4.74 Å². The zero-order valence-electron chi connectivity index (χ0n) is 8.98. The van der Waals surface area contributed by atoms with E-state index >= 15 is 0 Å². The molecule has 0 aromatic carbocycles. The lowest BCUT2D eigenvalue weighted by molar-refractivity contribution is -0.0770. The Bertz CT molecular complexity index is 374. The number of aliphatic hydroxyl groups excluding tert-OH is 1. The number of rotatable bonds is 3. The summed E-state index contributed by atoms with van der Waals surface area (Å²) in [5, 5.41) is 8.89. The van der Waals surface area contributed by atoms with Crippen LogP contribution in [0.15, 0.2) is 18.3 Å². The molecule has 0 saturated heterocycles. The van der Waals surface area contributed by atoms with E-state index in [1.807, 2.05) is 0 Å². The van der Waals surface area contributed by atoms with Gasteiger partial charge in [0.25, 0.3) is 6.43 Å². The van der Waals surface area contributed by atoms with Crippen LogP contribution in [0.3, 0.4) is 0 Å². The summed E-state index contributed by atoms with van der Waals surface area (Å²) >= 11 is 0. The summed E-state index contributed by atoms with van der Waals surface area (Å²) in [6.45, 7) is 1.88. The SMILES string of the molecule is CC(C)(OC(=O)n1cccc1CO)C(F)F. The number of carbonyl (C=O) groups is 1. The zero-order valence-corrected chi connectivity index (χ0v) is 8.98. The first-order chi connectivity index (χ1) is 7.38. The van der Waals surface area contributed by atoms with E-state index in [0.29, 0.717) is 0 Å². The molecular weight excluding hydrogens is 220 g/mol. The van der Waals surface area contributed by atoms with Gasteiger partial charge in [-0.25, -0.2) is 13.6 Å². The Hall–Kier alpha value is -1.43. The van der Waals surface area contributed by atoms with E-state index in [1.54, 1.807) is 0 Å². The molecule has 90 valence electrons. The minimum atomic E-state index is -2.77. The van der Waals surface area contributed by atoms with Crippen molar-refractivity contribution < 1.29 is 23.4 Å². The highest BCUT2D eigenvalue weighted by atomic mass is 19.3. The van der Waals surface area contributed by atoms with Gasteiger partial charge in [-0.05, 0) is 26.0 Å². The normalized spacial score (nSPS) is 11.9. The van der Waals surface area contributed by atoms with Crippen molar-refractivity contribution >= 4 is 6.09 Å². The quantitative estimate of drug-likeness (QED) is 0.868. The Balaban J connectivity index is 2.81.